The molecule has 0 heterocycles. The van der Waals surface area contributed by atoms with Crippen molar-refractivity contribution in [3.8, 4) is 0 Å². The highest BCUT2D eigenvalue weighted by molar-refractivity contribution is 5.99. The minimum Gasteiger partial charge on any atom is -0.549 e. The maximum atomic E-state index is 12.6. The molecule has 0 N–H and O–H groups in total. The molecule has 1 fully saturated rings. The van der Waals surface area contributed by atoms with Crippen LogP contribution < -0.4 is 5.11 Å². The second-order valence-corrected chi connectivity index (χ2v) is 4.03. The molecule has 0 radical (unpaired) electrons. The summed E-state index contributed by atoms with van der Waals surface area (Å²) in [6, 6.07) is 0. The molecule has 6 heteroatoms. The Balaban J connectivity index is 2.78. The third-order valence-electron chi connectivity index (χ3n) is 2.25. The van der Waals surface area contributed by atoms with E-state index in [-0.39, 0.29) is 0 Å². The highest BCUT2D eigenvalue weighted by atomic mass is 19.3. The Bertz CT molecular complexity index is 290. The number of alkyl halides is 2. The fourth-order valence-electron chi connectivity index (χ4n) is 1.53. The monoisotopic (exact) mass is 221 g/mol. The first kappa shape index (κ1) is 11.9. The van der Waals surface area contributed by atoms with Crippen LogP contribution in [0.2, 0.25) is 0 Å². The molecule has 1 rings (SSSR count). The number of hydrogen-bond donors (Lipinski definition) is 0. The van der Waals surface area contributed by atoms with Gasteiger partial charge in [-0.05, 0) is 13.8 Å². The third-order valence-corrected chi connectivity index (χ3v) is 2.25. The number of aliphatic carboxylic acids is 1. The molecule has 0 aromatic carbocycles. The summed E-state index contributed by atoms with van der Waals surface area (Å²) in [5.41, 5.74) is -2.16. The lowest BCUT2D eigenvalue weighted by Crippen LogP contribution is -2.61. The molecule has 0 atom stereocenters. The Kier molecular flexibility index (Phi) is 2.71. The Morgan fingerprint density at radius 3 is 2.07 bits per heavy atom. The van der Waals surface area contributed by atoms with E-state index in [1.165, 1.54) is 13.8 Å². The van der Waals surface area contributed by atoms with Gasteiger partial charge in [-0.1, -0.05) is 0 Å². The summed E-state index contributed by atoms with van der Waals surface area (Å²) in [6.07, 6.45) is -2.61. The lowest BCUT2D eigenvalue weighted by Gasteiger charge is -2.45. The maximum absolute atomic E-state index is 12.6. The molecule has 1 aliphatic carbocycles. The van der Waals surface area contributed by atoms with Crippen LogP contribution in [0, 0.1) is 5.41 Å². The molecular formula is C9H11F2O4-. The SMILES string of the molecule is CC(C)OC(=O)C1(C(=O)[O-])CC(F)(F)C1. The van der Waals surface area contributed by atoms with Crippen molar-refractivity contribution in [3.63, 3.8) is 0 Å². The molecule has 0 aliphatic heterocycles. The molecule has 0 spiro atoms. The minimum atomic E-state index is -3.12. The molecule has 4 nitrogen and oxygen atoms in total. The number of esters is 1. The molecule has 1 aliphatic rings. The van der Waals surface area contributed by atoms with Crippen LogP contribution in [0.25, 0.3) is 0 Å². The zero-order valence-corrected chi connectivity index (χ0v) is 8.38. The normalized spacial score (nSPS) is 21.9. The van der Waals surface area contributed by atoms with Crippen molar-refractivity contribution < 1.29 is 28.2 Å². The van der Waals surface area contributed by atoms with Crippen molar-refractivity contribution >= 4 is 11.9 Å². The maximum Gasteiger partial charge on any atom is 0.318 e. The number of carboxylic acids is 1. The zero-order valence-electron chi connectivity index (χ0n) is 8.38. The molecule has 0 amide bonds. The molecule has 0 aromatic rings. The van der Waals surface area contributed by atoms with Gasteiger partial charge < -0.3 is 14.6 Å². The van der Waals surface area contributed by atoms with Crippen molar-refractivity contribution in [3.05, 3.63) is 0 Å². The highest BCUT2D eigenvalue weighted by Crippen LogP contribution is 2.52. The van der Waals surface area contributed by atoms with Crippen LogP contribution in [0.1, 0.15) is 26.7 Å². The molecule has 0 saturated heterocycles. The standard InChI is InChI=1S/C9H12F2O4/c1-5(2)15-7(14)8(6(12)13)3-9(10,11)4-8/h5H,3-4H2,1-2H3,(H,12,13)/p-1. The lowest BCUT2D eigenvalue weighted by atomic mass is 9.66. The number of carbonyl (C=O) groups is 2. The second-order valence-electron chi connectivity index (χ2n) is 4.03. The predicted molar refractivity (Wildman–Crippen MR) is 42.8 cm³/mol. The Morgan fingerprint density at radius 1 is 1.33 bits per heavy atom. The van der Waals surface area contributed by atoms with Gasteiger partial charge in [0.2, 0.25) is 0 Å². The average Bonchev–Trinajstić information content (AvgIpc) is 1.96. The van der Waals surface area contributed by atoms with Gasteiger partial charge >= 0.3 is 5.97 Å². The van der Waals surface area contributed by atoms with E-state index in [1.807, 2.05) is 0 Å². The summed E-state index contributed by atoms with van der Waals surface area (Å²) in [5.74, 6) is -6.04. The van der Waals surface area contributed by atoms with Gasteiger partial charge in [0.25, 0.3) is 5.92 Å². The average molecular weight is 221 g/mol. The Labute approximate surface area is 85.2 Å². The van der Waals surface area contributed by atoms with E-state index < -0.39 is 42.2 Å². The third kappa shape index (κ3) is 2.08. The Morgan fingerprint density at radius 2 is 1.80 bits per heavy atom. The van der Waals surface area contributed by atoms with E-state index >= 15 is 0 Å². The molecule has 1 saturated carbocycles. The van der Waals surface area contributed by atoms with Gasteiger partial charge in [-0.2, -0.15) is 0 Å². The summed E-state index contributed by atoms with van der Waals surface area (Å²) >= 11 is 0. The lowest BCUT2D eigenvalue weighted by molar-refractivity contribution is -0.332. The topological polar surface area (TPSA) is 66.4 Å². The predicted octanol–water partition coefficient (Wildman–Crippen LogP) is 0.103. The van der Waals surface area contributed by atoms with E-state index in [0.717, 1.165) is 0 Å². The van der Waals surface area contributed by atoms with Gasteiger partial charge in [0.15, 0.2) is 0 Å². The van der Waals surface area contributed by atoms with E-state index in [4.69, 9.17) is 0 Å². The number of carboxylic acid groups (broad SMARTS) is 1. The summed E-state index contributed by atoms with van der Waals surface area (Å²) in [4.78, 5) is 22.0. The Hall–Kier alpha value is -1.20. The van der Waals surface area contributed by atoms with E-state index in [9.17, 15) is 23.5 Å². The van der Waals surface area contributed by atoms with Crippen molar-refractivity contribution in [1.29, 1.82) is 0 Å². The van der Waals surface area contributed by atoms with Crippen LogP contribution >= 0.6 is 0 Å². The molecule has 0 aromatic heterocycles. The number of carbonyl (C=O) groups excluding carboxylic acids is 2. The fourth-order valence-corrected chi connectivity index (χ4v) is 1.53. The van der Waals surface area contributed by atoms with Gasteiger partial charge in [-0.25, -0.2) is 8.78 Å². The largest absolute Gasteiger partial charge is 0.549 e. The van der Waals surface area contributed by atoms with Crippen LogP contribution in [0.4, 0.5) is 8.78 Å². The summed E-state index contributed by atoms with van der Waals surface area (Å²) in [6.45, 7) is 3.02. The zero-order chi connectivity index (χ0) is 11.9. The molecule has 86 valence electrons. The van der Waals surface area contributed by atoms with Gasteiger partial charge in [0.1, 0.15) is 5.41 Å². The van der Waals surface area contributed by atoms with Crippen molar-refractivity contribution in [1.82, 2.24) is 0 Å². The summed E-state index contributed by atoms with van der Waals surface area (Å²) in [5, 5.41) is 10.7. The van der Waals surface area contributed by atoms with Gasteiger partial charge in [-0.15, -0.1) is 0 Å². The molecule has 15 heavy (non-hydrogen) atoms. The number of ether oxygens (including phenoxy) is 1. The smallest absolute Gasteiger partial charge is 0.318 e. The first-order valence-corrected chi connectivity index (χ1v) is 4.50. The van der Waals surface area contributed by atoms with Crippen LogP contribution in [0.15, 0.2) is 0 Å². The summed E-state index contributed by atoms with van der Waals surface area (Å²) in [7, 11) is 0. The van der Waals surface area contributed by atoms with Crippen molar-refractivity contribution in [2.75, 3.05) is 0 Å². The number of hydrogen-bond acceptors (Lipinski definition) is 4. The second kappa shape index (κ2) is 3.43. The highest BCUT2D eigenvalue weighted by Gasteiger charge is 2.63. The van der Waals surface area contributed by atoms with Crippen LogP contribution in [0.3, 0.4) is 0 Å². The van der Waals surface area contributed by atoms with Gasteiger partial charge in [0.05, 0.1) is 12.1 Å². The van der Waals surface area contributed by atoms with Gasteiger partial charge in [-0.3, -0.25) is 4.79 Å². The minimum absolute atomic E-state index is 0.539. The van der Waals surface area contributed by atoms with E-state index in [1.54, 1.807) is 0 Å². The first-order chi connectivity index (χ1) is 6.69. The number of halogens is 2. The van der Waals surface area contributed by atoms with E-state index in [2.05, 4.69) is 4.74 Å². The van der Waals surface area contributed by atoms with Crippen molar-refractivity contribution in [2.24, 2.45) is 5.41 Å². The van der Waals surface area contributed by atoms with E-state index in [0.29, 0.717) is 0 Å². The molecule has 0 bridgehead atoms. The van der Waals surface area contributed by atoms with Crippen LogP contribution in [-0.4, -0.2) is 24.0 Å². The van der Waals surface area contributed by atoms with Gasteiger partial charge in [0, 0.05) is 12.8 Å². The molecular weight excluding hydrogens is 210 g/mol. The molecule has 0 unspecified atom stereocenters. The number of rotatable bonds is 3. The summed E-state index contributed by atoms with van der Waals surface area (Å²) < 4.78 is 29.8. The quantitative estimate of drug-likeness (QED) is 0.501. The fraction of sp³-hybridized carbons (Fsp3) is 0.778. The van der Waals surface area contributed by atoms with Crippen LogP contribution in [0.5, 0.6) is 0 Å². The van der Waals surface area contributed by atoms with Crippen LogP contribution in [-0.2, 0) is 14.3 Å². The van der Waals surface area contributed by atoms with Crippen molar-refractivity contribution in [2.45, 2.75) is 38.7 Å². The first-order valence-electron chi connectivity index (χ1n) is 4.50.